The van der Waals surface area contributed by atoms with E-state index in [0.717, 1.165) is 16.3 Å². The zero-order valence-electron chi connectivity index (χ0n) is 18.4. The van der Waals surface area contributed by atoms with Gasteiger partial charge in [0.2, 0.25) is 0 Å². The zero-order valence-corrected chi connectivity index (χ0v) is 18.4. The molecule has 0 aliphatic carbocycles. The molecule has 0 bridgehead atoms. The van der Waals surface area contributed by atoms with Gasteiger partial charge in [-0.25, -0.2) is 0 Å². The first kappa shape index (κ1) is 20.8. The Bertz CT molecular complexity index is 1440. The monoisotopic (exact) mass is 438 g/mol. The number of benzene rings is 4. The molecule has 1 aliphatic heterocycles. The van der Waals surface area contributed by atoms with Crippen molar-refractivity contribution in [3.8, 4) is 11.1 Å². The van der Waals surface area contributed by atoms with Crippen molar-refractivity contribution in [3.63, 3.8) is 0 Å². The van der Waals surface area contributed by atoms with E-state index in [-0.39, 0.29) is 11.7 Å². The second kappa shape index (κ2) is 7.81. The van der Waals surface area contributed by atoms with Gasteiger partial charge in [-0.3, -0.25) is 24.6 Å². The van der Waals surface area contributed by atoms with Gasteiger partial charge in [-0.2, -0.15) is 0 Å². The van der Waals surface area contributed by atoms with Gasteiger partial charge in [-0.05, 0) is 46.9 Å². The summed E-state index contributed by atoms with van der Waals surface area (Å²) in [4.78, 5) is 39.8. The van der Waals surface area contributed by atoms with E-state index in [1.165, 1.54) is 17.0 Å². The van der Waals surface area contributed by atoms with E-state index in [1.54, 1.807) is 12.1 Å². The van der Waals surface area contributed by atoms with Crippen molar-refractivity contribution in [1.82, 2.24) is 4.90 Å². The molecular formula is C27H22N2O4. The number of hydrogen-bond acceptors (Lipinski definition) is 4. The third-order valence-electron chi connectivity index (χ3n) is 6.62. The van der Waals surface area contributed by atoms with Crippen molar-refractivity contribution < 1.29 is 14.5 Å². The summed E-state index contributed by atoms with van der Waals surface area (Å²) in [5.41, 5.74) is 2.01. The molecule has 0 saturated heterocycles. The lowest BCUT2D eigenvalue weighted by Crippen LogP contribution is -2.46. The van der Waals surface area contributed by atoms with Gasteiger partial charge in [0.1, 0.15) is 0 Å². The molecule has 0 fully saturated rings. The predicted octanol–water partition coefficient (Wildman–Crippen LogP) is 6.35. The summed E-state index contributed by atoms with van der Waals surface area (Å²) in [5, 5.41) is 14.7. The molecule has 4 aromatic carbocycles. The lowest BCUT2D eigenvalue weighted by atomic mass is 9.86. The number of carbonyl (C=O) groups excluding carboxylic acids is 2. The smallest absolute Gasteiger partial charge is 0.271 e. The van der Waals surface area contributed by atoms with Crippen LogP contribution in [0.25, 0.3) is 32.7 Å². The molecule has 0 saturated carbocycles. The molecule has 0 atom stereocenters. The molecule has 33 heavy (non-hydrogen) atoms. The topological polar surface area (TPSA) is 80.5 Å². The zero-order chi connectivity index (χ0) is 23.3. The first-order valence-corrected chi connectivity index (χ1v) is 11.1. The summed E-state index contributed by atoms with van der Waals surface area (Å²) < 4.78 is 0. The summed E-state index contributed by atoms with van der Waals surface area (Å²) in [5.74, 6) is -0.785. The minimum atomic E-state index is -0.445. The average molecular weight is 438 g/mol. The van der Waals surface area contributed by atoms with Crippen LogP contribution in [0.5, 0.6) is 0 Å². The van der Waals surface area contributed by atoms with Crippen LogP contribution in [0.15, 0.2) is 66.7 Å². The molecule has 0 aromatic heterocycles. The quantitative estimate of drug-likeness (QED) is 0.206. The third-order valence-corrected chi connectivity index (χ3v) is 6.62. The van der Waals surface area contributed by atoms with E-state index >= 15 is 0 Å². The van der Waals surface area contributed by atoms with Gasteiger partial charge in [-0.1, -0.05) is 62.4 Å². The molecule has 2 amide bonds. The fraction of sp³-hybridized carbons (Fsp3) is 0.185. The summed E-state index contributed by atoms with van der Waals surface area (Å²) >= 11 is 0. The Kier molecular flexibility index (Phi) is 4.93. The van der Waals surface area contributed by atoms with Gasteiger partial charge >= 0.3 is 0 Å². The predicted molar refractivity (Wildman–Crippen MR) is 128 cm³/mol. The van der Waals surface area contributed by atoms with E-state index in [9.17, 15) is 19.7 Å². The van der Waals surface area contributed by atoms with Crippen LogP contribution in [0.3, 0.4) is 0 Å². The minimum Gasteiger partial charge on any atom is -0.271 e. The molecule has 1 heterocycles. The Morgan fingerprint density at radius 2 is 1.36 bits per heavy atom. The summed E-state index contributed by atoms with van der Waals surface area (Å²) in [6, 6.07) is 19.8. The maximum absolute atomic E-state index is 13.4. The molecule has 4 aromatic rings. The molecule has 6 heteroatoms. The van der Waals surface area contributed by atoms with Crippen molar-refractivity contribution in [2.75, 3.05) is 0 Å². The van der Waals surface area contributed by atoms with Crippen molar-refractivity contribution in [1.29, 1.82) is 0 Å². The molecule has 0 unspecified atom stereocenters. The number of nitrogens with zero attached hydrogens (tertiary/aromatic N) is 2. The van der Waals surface area contributed by atoms with Gasteiger partial charge in [0.05, 0.1) is 10.3 Å². The number of hydrogen-bond donors (Lipinski definition) is 0. The highest BCUT2D eigenvalue weighted by Gasteiger charge is 2.38. The Balaban J connectivity index is 1.88. The Hall–Kier alpha value is -4.06. The van der Waals surface area contributed by atoms with Crippen molar-refractivity contribution in [2.45, 2.75) is 32.7 Å². The van der Waals surface area contributed by atoms with Gasteiger partial charge in [-0.15, -0.1) is 0 Å². The Morgan fingerprint density at radius 1 is 0.758 bits per heavy atom. The maximum atomic E-state index is 13.4. The van der Waals surface area contributed by atoms with Crippen LogP contribution in [0.1, 0.15) is 47.4 Å². The summed E-state index contributed by atoms with van der Waals surface area (Å²) in [7, 11) is 0. The summed E-state index contributed by atoms with van der Waals surface area (Å²) in [6.45, 7) is 3.89. The van der Waals surface area contributed by atoms with Crippen molar-refractivity contribution in [2.24, 2.45) is 0 Å². The lowest BCUT2D eigenvalue weighted by Gasteiger charge is -2.33. The molecular weight excluding hydrogens is 416 g/mol. The van der Waals surface area contributed by atoms with Crippen LogP contribution in [0.2, 0.25) is 0 Å². The molecule has 0 N–H and O–H groups in total. The van der Waals surface area contributed by atoms with Crippen LogP contribution in [-0.2, 0) is 0 Å². The van der Waals surface area contributed by atoms with E-state index in [1.807, 2.05) is 56.3 Å². The normalized spacial score (nSPS) is 13.4. The van der Waals surface area contributed by atoms with Crippen molar-refractivity contribution in [3.05, 3.63) is 88.0 Å². The van der Waals surface area contributed by atoms with Crippen LogP contribution >= 0.6 is 0 Å². The van der Waals surface area contributed by atoms with Gasteiger partial charge in [0, 0.05) is 28.6 Å². The van der Waals surface area contributed by atoms with E-state index in [2.05, 4.69) is 0 Å². The maximum Gasteiger partial charge on any atom is 0.277 e. The number of amides is 2. The number of nitro benzene ring substituents is 1. The number of fused-ring (bicyclic) bond motifs is 1. The standard InChI is InChI=1S/C27H22N2O4/c1-3-17(4-2)28-26(30)21-13-12-20(19-11-7-9-16-8-5-6-10-18(16)19)25-23(29(32)33)15-14-22(24(21)25)27(28)31/h5-15,17H,3-4H2,1-2H3. The van der Waals surface area contributed by atoms with Crippen LogP contribution in [0, 0.1) is 10.1 Å². The molecule has 1 aliphatic rings. The van der Waals surface area contributed by atoms with Gasteiger partial charge in [0.15, 0.2) is 0 Å². The van der Waals surface area contributed by atoms with Crippen LogP contribution < -0.4 is 0 Å². The largest absolute Gasteiger partial charge is 0.277 e. The van der Waals surface area contributed by atoms with E-state index in [0.29, 0.717) is 40.3 Å². The van der Waals surface area contributed by atoms with Gasteiger partial charge < -0.3 is 0 Å². The average Bonchev–Trinajstić information content (AvgIpc) is 2.84. The Labute approximate surface area is 190 Å². The summed E-state index contributed by atoms with van der Waals surface area (Å²) in [6.07, 6.45) is 1.29. The molecule has 0 radical (unpaired) electrons. The Morgan fingerprint density at radius 3 is 2.03 bits per heavy atom. The minimum absolute atomic E-state index is 0.116. The molecule has 6 nitrogen and oxygen atoms in total. The second-order valence-corrected chi connectivity index (χ2v) is 8.28. The number of rotatable bonds is 5. The third kappa shape index (κ3) is 3.02. The number of non-ortho nitro benzene ring substituents is 1. The first-order chi connectivity index (χ1) is 16.0. The van der Waals surface area contributed by atoms with Crippen molar-refractivity contribution >= 4 is 39.0 Å². The SMILES string of the molecule is CCC(CC)N1C(=O)c2ccc(-c3cccc4ccccc34)c3c([N+](=O)[O-])ccc(c23)C1=O. The van der Waals surface area contributed by atoms with E-state index in [4.69, 9.17) is 0 Å². The number of nitro groups is 1. The van der Waals surface area contributed by atoms with Crippen LogP contribution in [-0.4, -0.2) is 27.7 Å². The molecule has 0 spiro atoms. The molecule has 5 rings (SSSR count). The lowest BCUT2D eigenvalue weighted by molar-refractivity contribution is -0.383. The highest BCUT2D eigenvalue weighted by Crippen LogP contribution is 2.43. The van der Waals surface area contributed by atoms with Gasteiger partial charge in [0.25, 0.3) is 17.5 Å². The van der Waals surface area contributed by atoms with E-state index < -0.39 is 16.7 Å². The molecule has 164 valence electrons. The fourth-order valence-electron chi connectivity index (χ4n) is 5.01. The van der Waals surface area contributed by atoms with Crippen LogP contribution in [0.4, 0.5) is 5.69 Å². The number of carbonyl (C=O) groups is 2. The highest BCUT2D eigenvalue weighted by atomic mass is 16.6. The first-order valence-electron chi connectivity index (χ1n) is 11.1. The number of imide groups is 1. The second-order valence-electron chi connectivity index (χ2n) is 8.28. The fourth-order valence-corrected chi connectivity index (χ4v) is 5.01. The highest BCUT2D eigenvalue weighted by molar-refractivity contribution is 6.28.